The Bertz CT molecular complexity index is 923. The summed E-state index contributed by atoms with van der Waals surface area (Å²) >= 11 is 0. The van der Waals surface area contributed by atoms with Crippen molar-refractivity contribution in [2.45, 2.75) is 24.2 Å². The molecule has 2 aromatic carbocycles. The van der Waals surface area contributed by atoms with Gasteiger partial charge in [-0.25, -0.2) is 12.8 Å². The Morgan fingerprint density at radius 1 is 1.07 bits per heavy atom. The zero-order chi connectivity index (χ0) is 19.4. The summed E-state index contributed by atoms with van der Waals surface area (Å²) in [5.74, 6) is -0.703. The third kappa shape index (κ3) is 4.28. The van der Waals surface area contributed by atoms with Gasteiger partial charge in [0.2, 0.25) is 10.0 Å². The number of piperidine rings is 1. The average molecular weight is 392 g/mol. The SMILES string of the molecule is COc1ccc(C(=O)Nc2ccc(F)cc2)cc1S(=O)(=O)N1CCCCC1. The molecule has 3 rings (SSSR count). The van der Waals surface area contributed by atoms with E-state index >= 15 is 0 Å². The molecule has 0 aliphatic carbocycles. The van der Waals surface area contributed by atoms with Crippen molar-refractivity contribution in [2.75, 3.05) is 25.5 Å². The molecule has 8 heteroatoms. The smallest absolute Gasteiger partial charge is 0.255 e. The van der Waals surface area contributed by atoms with Crippen molar-refractivity contribution in [3.63, 3.8) is 0 Å². The van der Waals surface area contributed by atoms with Crippen LogP contribution in [0.4, 0.5) is 10.1 Å². The van der Waals surface area contributed by atoms with Gasteiger partial charge in [0.1, 0.15) is 16.5 Å². The number of carbonyl (C=O) groups excluding carboxylic acids is 1. The lowest BCUT2D eigenvalue weighted by Crippen LogP contribution is -2.35. The molecule has 0 aromatic heterocycles. The van der Waals surface area contributed by atoms with Gasteiger partial charge in [0.25, 0.3) is 5.91 Å². The van der Waals surface area contributed by atoms with Crippen LogP contribution in [0.15, 0.2) is 47.4 Å². The maximum Gasteiger partial charge on any atom is 0.255 e. The van der Waals surface area contributed by atoms with Gasteiger partial charge in [0, 0.05) is 24.3 Å². The van der Waals surface area contributed by atoms with E-state index < -0.39 is 21.7 Å². The zero-order valence-corrected chi connectivity index (χ0v) is 15.8. The Morgan fingerprint density at radius 3 is 2.37 bits per heavy atom. The summed E-state index contributed by atoms with van der Waals surface area (Å²) in [4.78, 5) is 12.5. The van der Waals surface area contributed by atoms with Crippen molar-refractivity contribution in [1.82, 2.24) is 4.31 Å². The van der Waals surface area contributed by atoms with Gasteiger partial charge in [-0.1, -0.05) is 6.42 Å². The number of carbonyl (C=O) groups is 1. The topological polar surface area (TPSA) is 75.7 Å². The number of anilines is 1. The number of ether oxygens (including phenoxy) is 1. The maximum absolute atomic E-state index is 13.0. The molecule has 2 aromatic rings. The molecular formula is C19H21FN2O4S. The van der Waals surface area contributed by atoms with Crippen LogP contribution in [0.25, 0.3) is 0 Å². The lowest BCUT2D eigenvalue weighted by atomic mass is 10.2. The number of amides is 1. The van der Waals surface area contributed by atoms with Crippen molar-refractivity contribution in [2.24, 2.45) is 0 Å². The van der Waals surface area contributed by atoms with Crippen LogP contribution in [0.3, 0.4) is 0 Å². The minimum atomic E-state index is -3.76. The highest BCUT2D eigenvalue weighted by atomic mass is 32.2. The van der Waals surface area contributed by atoms with Crippen LogP contribution in [0.1, 0.15) is 29.6 Å². The van der Waals surface area contributed by atoms with Gasteiger partial charge >= 0.3 is 0 Å². The second-order valence-electron chi connectivity index (χ2n) is 6.29. The van der Waals surface area contributed by atoms with Crippen molar-refractivity contribution in [3.05, 3.63) is 53.8 Å². The Kier molecular flexibility index (Phi) is 5.76. The molecule has 0 radical (unpaired) electrons. The molecule has 144 valence electrons. The average Bonchev–Trinajstić information content (AvgIpc) is 2.69. The molecule has 0 unspecified atom stereocenters. The lowest BCUT2D eigenvalue weighted by molar-refractivity contribution is 0.102. The maximum atomic E-state index is 13.0. The fraction of sp³-hybridized carbons (Fsp3) is 0.316. The first-order valence-electron chi connectivity index (χ1n) is 8.67. The van der Waals surface area contributed by atoms with E-state index in [0.717, 1.165) is 19.3 Å². The predicted molar refractivity (Wildman–Crippen MR) is 100.0 cm³/mol. The highest BCUT2D eigenvalue weighted by Gasteiger charge is 2.29. The van der Waals surface area contributed by atoms with Gasteiger partial charge < -0.3 is 10.1 Å². The molecule has 1 heterocycles. The molecule has 1 aliphatic rings. The first kappa shape index (κ1) is 19.3. The zero-order valence-electron chi connectivity index (χ0n) is 14.9. The summed E-state index contributed by atoms with van der Waals surface area (Å²) in [5, 5.41) is 2.63. The monoisotopic (exact) mass is 392 g/mol. The predicted octanol–water partition coefficient (Wildman–Crippen LogP) is 3.26. The van der Waals surface area contributed by atoms with E-state index in [2.05, 4.69) is 5.32 Å². The van der Waals surface area contributed by atoms with Crippen LogP contribution >= 0.6 is 0 Å². The van der Waals surface area contributed by atoms with Crippen LogP contribution in [0, 0.1) is 5.82 Å². The third-order valence-electron chi connectivity index (χ3n) is 4.46. The number of hydrogen-bond donors (Lipinski definition) is 1. The summed E-state index contributed by atoms with van der Waals surface area (Å²) in [6.07, 6.45) is 2.63. The summed E-state index contributed by atoms with van der Waals surface area (Å²) in [7, 11) is -2.37. The van der Waals surface area contributed by atoms with E-state index in [0.29, 0.717) is 18.8 Å². The van der Waals surface area contributed by atoms with Gasteiger partial charge in [0.05, 0.1) is 7.11 Å². The van der Waals surface area contributed by atoms with Crippen LogP contribution in [0.5, 0.6) is 5.75 Å². The van der Waals surface area contributed by atoms with E-state index in [1.165, 1.54) is 53.9 Å². The number of rotatable bonds is 5. The molecule has 0 atom stereocenters. The third-order valence-corrected chi connectivity index (χ3v) is 6.38. The fourth-order valence-electron chi connectivity index (χ4n) is 3.00. The Balaban J connectivity index is 1.90. The number of halogens is 1. The lowest BCUT2D eigenvalue weighted by Gasteiger charge is -2.26. The van der Waals surface area contributed by atoms with E-state index in [1.807, 2.05) is 0 Å². The minimum Gasteiger partial charge on any atom is -0.495 e. The second kappa shape index (κ2) is 8.06. The Morgan fingerprint density at radius 2 is 1.74 bits per heavy atom. The number of hydrogen-bond acceptors (Lipinski definition) is 4. The number of methoxy groups -OCH3 is 1. The molecule has 0 spiro atoms. The molecule has 1 saturated heterocycles. The number of nitrogens with one attached hydrogen (secondary N) is 1. The number of benzene rings is 2. The van der Waals surface area contributed by atoms with E-state index in [-0.39, 0.29) is 16.2 Å². The van der Waals surface area contributed by atoms with Gasteiger partial charge in [0.15, 0.2) is 0 Å². The number of sulfonamides is 1. The van der Waals surface area contributed by atoms with Gasteiger partial charge in [-0.2, -0.15) is 4.31 Å². The Hall–Kier alpha value is -2.45. The van der Waals surface area contributed by atoms with Crippen molar-refractivity contribution in [1.29, 1.82) is 0 Å². The first-order valence-corrected chi connectivity index (χ1v) is 10.1. The molecule has 1 N–H and O–H groups in total. The quantitative estimate of drug-likeness (QED) is 0.847. The van der Waals surface area contributed by atoms with Crippen molar-refractivity contribution >= 4 is 21.6 Å². The van der Waals surface area contributed by atoms with Crippen LogP contribution < -0.4 is 10.1 Å². The van der Waals surface area contributed by atoms with E-state index in [1.54, 1.807) is 0 Å². The van der Waals surface area contributed by atoms with E-state index in [9.17, 15) is 17.6 Å². The standard InChI is InChI=1S/C19H21FN2O4S/c1-26-17-10-5-14(19(23)21-16-8-6-15(20)7-9-16)13-18(17)27(24,25)22-11-3-2-4-12-22/h5-10,13H,2-4,11-12H2,1H3,(H,21,23). The highest BCUT2D eigenvalue weighted by Crippen LogP contribution is 2.29. The summed E-state index contributed by atoms with van der Waals surface area (Å²) in [6.45, 7) is 0.912. The van der Waals surface area contributed by atoms with Gasteiger partial charge in [-0.05, 0) is 55.3 Å². The molecule has 6 nitrogen and oxygen atoms in total. The molecule has 1 aliphatic heterocycles. The normalized spacial score (nSPS) is 15.3. The van der Waals surface area contributed by atoms with E-state index in [4.69, 9.17) is 4.74 Å². The molecule has 27 heavy (non-hydrogen) atoms. The highest BCUT2D eigenvalue weighted by molar-refractivity contribution is 7.89. The molecular weight excluding hydrogens is 371 g/mol. The second-order valence-corrected chi connectivity index (χ2v) is 8.20. The Labute approximate surface area is 158 Å². The summed E-state index contributed by atoms with van der Waals surface area (Å²) < 4.78 is 45.6. The molecule has 1 fully saturated rings. The van der Waals surface area contributed by atoms with Crippen molar-refractivity contribution < 1.29 is 22.3 Å². The van der Waals surface area contributed by atoms with Gasteiger partial charge in [-0.15, -0.1) is 0 Å². The number of nitrogens with zero attached hydrogens (tertiary/aromatic N) is 1. The molecule has 1 amide bonds. The molecule has 0 saturated carbocycles. The van der Waals surface area contributed by atoms with Crippen LogP contribution in [-0.4, -0.2) is 38.8 Å². The van der Waals surface area contributed by atoms with Crippen LogP contribution in [0.2, 0.25) is 0 Å². The minimum absolute atomic E-state index is 0.0290. The molecule has 0 bridgehead atoms. The van der Waals surface area contributed by atoms with Crippen molar-refractivity contribution in [3.8, 4) is 5.75 Å². The first-order chi connectivity index (χ1) is 12.9. The summed E-state index contributed by atoms with van der Waals surface area (Å²) in [6, 6.07) is 9.61. The fourth-order valence-corrected chi connectivity index (χ4v) is 4.70. The van der Waals surface area contributed by atoms with Crippen LogP contribution in [-0.2, 0) is 10.0 Å². The van der Waals surface area contributed by atoms with Gasteiger partial charge in [-0.3, -0.25) is 4.79 Å². The summed E-state index contributed by atoms with van der Waals surface area (Å²) in [5.41, 5.74) is 0.591. The largest absolute Gasteiger partial charge is 0.495 e.